The van der Waals surface area contributed by atoms with Gasteiger partial charge in [0.25, 0.3) is 0 Å². The molecule has 18 heavy (non-hydrogen) atoms. The molecule has 2 heterocycles. The number of ether oxygens (including phenoxy) is 1. The average Bonchev–Trinajstić information content (AvgIpc) is 2.68. The summed E-state index contributed by atoms with van der Waals surface area (Å²) in [7, 11) is 0. The molecule has 2 N–H and O–H groups in total. The van der Waals surface area contributed by atoms with Crippen molar-refractivity contribution >= 4 is 18.1 Å². The lowest BCUT2D eigenvalue weighted by atomic mass is 10.1. The number of fused-ring (bicyclic) bond motifs is 2. The van der Waals surface area contributed by atoms with Gasteiger partial charge in [-0.2, -0.15) is 0 Å². The molecule has 1 aromatic rings. The molecule has 0 spiro atoms. The van der Waals surface area contributed by atoms with Crippen LogP contribution in [-0.4, -0.2) is 25.3 Å². The summed E-state index contributed by atoms with van der Waals surface area (Å²) in [6, 6.07) is 5.27. The summed E-state index contributed by atoms with van der Waals surface area (Å²) in [6.07, 6.45) is 2.76. The lowest BCUT2D eigenvalue weighted by molar-refractivity contribution is 0.0303. The summed E-state index contributed by atoms with van der Waals surface area (Å²) in [5.41, 5.74) is 7.02. The smallest absolute Gasteiger partial charge is 0.146 e. The first-order chi connectivity index (χ1) is 8.26. The van der Waals surface area contributed by atoms with Gasteiger partial charge in [0.1, 0.15) is 5.82 Å². The zero-order chi connectivity index (χ0) is 11.8. The van der Waals surface area contributed by atoms with Gasteiger partial charge in [0.05, 0.1) is 17.9 Å². The Labute approximate surface area is 113 Å². The van der Waals surface area contributed by atoms with Crippen molar-refractivity contribution in [3.8, 4) is 0 Å². The van der Waals surface area contributed by atoms with E-state index in [0.717, 1.165) is 31.5 Å². The topological polar surface area (TPSA) is 38.5 Å². The lowest BCUT2D eigenvalue weighted by Gasteiger charge is -2.34. The van der Waals surface area contributed by atoms with Gasteiger partial charge in [-0.1, -0.05) is 6.07 Å². The van der Waals surface area contributed by atoms with Crippen molar-refractivity contribution in [3.05, 3.63) is 29.6 Å². The molecular formula is C13H18ClFN2O. The first-order valence-corrected chi connectivity index (χ1v) is 6.15. The molecule has 2 aliphatic heterocycles. The van der Waals surface area contributed by atoms with E-state index in [0.29, 0.717) is 12.2 Å². The summed E-state index contributed by atoms with van der Waals surface area (Å²) < 4.78 is 19.7. The van der Waals surface area contributed by atoms with Crippen LogP contribution in [0.4, 0.5) is 10.1 Å². The van der Waals surface area contributed by atoms with Gasteiger partial charge in [0.15, 0.2) is 0 Å². The number of nitrogens with zero attached hydrogens (tertiary/aromatic N) is 1. The molecule has 0 saturated carbocycles. The second-order valence-electron chi connectivity index (χ2n) is 4.85. The Morgan fingerprint density at radius 3 is 2.50 bits per heavy atom. The van der Waals surface area contributed by atoms with Gasteiger partial charge in [-0.15, -0.1) is 12.4 Å². The Morgan fingerprint density at radius 1 is 1.28 bits per heavy atom. The standard InChI is InChI=1S/C13H17FN2O.ClH/c14-12-5-9(6-15)1-4-13(12)16-7-10-2-3-11(8-16)17-10;/h1,4-5,10-11H,2-3,6-8,15H2;1H. The highest BCUT2D eigenvalue weighted by molar-refractivity contribution is 5.85. The molecule has 0 amide bonds. The van der Waals surface area contributed by atoms with Crippen molar-refractivity contribution in [2.75, 3.05) is 18.0 Å². The Balaban J connectivity index is 0.00000120. The Bertz CT molecular complexity index is 417. The molecule has 2 atom stereocenters. The van der Waals surface area contributed by atoms with Crippen LogP contribution in [0.1, 0.15) is 18.4 Å². The molecule has 2 bridgehead atoms. The van der Waals surface area contributed by atoms with E-state index in [1.165, 1.54) is 6.07 Å². The number of nitrogens with two attached hydrogens (primary N) is 1. The third-order valence-corrected chi connectivity index (χ3v) is 3.63. The summed E-state index contributed by atoms with van der Waals surface area (Å²) in [4.78, 5) is 2.10. The van der Waals surface area contributed by atoms with Crippen LogP contribution >= 0.6 is 12.4 Å². The first kappa shape index (κ1) is 13.6. The fraction of sp³-hybridized carbons (Fsp3) is 0.538. The van der Waals surface area contributed by atoms with Crippen LogP contribution in [0.15, 0.2) is 18.2 Å². The highest BCUT2D eigenvalue weighted by atomic mass is 35.5. The third kappa shape index (κ3) is 2.46. The van der Waals surface area contributed by atoms with E-state index in [-0.39, 0.29) is 30.4 Å². The van der Waals surface area contributed by atoms with Crippen molar-refractivity contribution in [3.63, 3.8) is 0 Å². The van der Waals surface area contributed by atoms with Crippen LogP contribution in [0.2, 0.25) is 0 Å². The number of morpholine rings is 1. The maximum atomic E-state index is 14.0. The fourth-order valence-corrected chi connectivity index (χ4v) is 2.75. The highest BCUT2D eigenvalue weighted by Gasteiger charge is 2.34. The van der Waals surface area contributed by atoms with Crippen molar-refractivity contribution in [1.29, 1.82) is 0 Å². The summed E-state index contributed by atoms with van der Waals surface area (Å²) in [5, 5.41) is 0. The molecule has 5 heteroatoms. The van der Waals surface area contributed by atoms with Gasteiger partial charge >= 0.3 is 0 Å². The summed E-state index contributed by atoms with van der Waals surface area (Å²) >= 11 is 0. The maximum absolute atomic E-state index is 14.0. The molecule has 0 radical (unpaired) electrons. The van der Waals surface area contributed by atoms with Crippen LogP contribution in [0.3, 0.4) is 0 Å². The third-order valence-electron chi connectivity index (χ3n) is 3.63. The van der Waals surface area contributed by atoms with E-state index < -0.39 is 0 Å². The van der Waals surface area contributed by atoms with Crippen LogP contribution in [-0.2, 0) is 11.3 Å². The van der Waals surface area contributed by atoms with Crippen molar-refractivity contribution < 1.29 is 9.13 Å². The number of rotatable bonds is 2. The Hall–Kier alpha value is -0.840. The monoisotopic (exact) mass is 272 g/mol. The molecular weight excluding hydrogens is 255 g/mol. The second-order valence-corrected chi connectivity index (χ2v) is 4.85. The zero-order valence-electron chi connectivity index (χ0n) is 10.1. The van der Waals surface area contributed by atoms with Crippen LogP contribution in [0.25, 0.3) is 0 Å². The molecule has 3 rings (SSSR count). The van der Waals surface area contributed by atoms with Crippen LogP contribution in [0, 0.1) is 5.82 Å². The summed E-state index contributed by atoms with van der Waals surface area (Å²) in [5.74, 6) is -0.172. The second kappa shape index (κ2) is 5.43. The fourth-order valence-electron chi connectivity index (χ4n) is 2.75. The minimum absolute atomic E-state index is 0. The van der Waals surface area contributed by atoms with Crippen molar-refractivity contribution in [2.24, 2.45) is 5.73 Å². The van der Waals surface area contributed by atoms with Gasteiger partial charge in [-0.25, -0.2) is 4.39 Å². The van der Waals surface area contributed by atoms with E-state index >= 15 is 0 Å². The zero-order valence-corrected chi connectivity index (χ0v) is 11.0. The number of anilines is 1. The first-order valence-electron chi connectivity index (χ1n) is 6.15. The molecule has 1 aromatic carbocycles. The number of hydrogen-bond donors (Lipinski definition) is 1. The molecule has 2 unspecified atom stereocenters. The van der Waals surface area contributed by atoms with E-state index in [4.69, 9.17) is 10.5 Å². The maximum Gasteiger partial charge on any atom is 0.146 e. The minimum atomic E-state index is -0.172. The minimum Gasteiger partial charge on any atom is -0.371 e. The quantitative estimate of drug-likeness (QED) is 0.896. The Morgan fingerprint density at radius 2 is 1.94 bits per heavy atom. The van der Waals surface area contributed by atoms with Gasteiger partial charge in [-0.3, -0.25) is 0 Å². The largest absolute Gasteiger partial charge is 0.371 e. The predicted octanol–water partition coefficient (Wildman–Crippen LogP) is 2.07. The van der Waals surface area contributed by atoms with Crippen molar-refractivity contribution in [1.82, 2.24) is 0 Å². The number of hydrogen-bond acceptors (Lipinski definition) is 3. The summed E-state index contributed by atoms with van der Waals surface area (Å²) in [6.45, 7) is 1.98. The van der Waals surface area contributed by atoms with Gasteiger partial charge in [0.2, 0.25) is 0 Å². The highest BCUT2D eigenvalue weighted by Crippen LogP contribution is 2.31. The van der Waals surface area contributed by atoms with Crippen molar-refractivity contribution in [2.45, 2.75) is 31.6 Å². The number of benzene rings is 1. The normalized spacial score (nSPS) is 26.0. The number of halogens is 2. The van der Waals surface area contributed by atoms with E-state index in [1.807, 2.05) is 12.1 Å². The van der Waals surface area contributed by atoms with E-state index in [9.17, 15) is 4.39 Å². The average molecular weight is 273 g/mol. The molecule has 2 fully saturated rings. The SMILES string of the molecule is Cl.NCc1ccc(N2CC3CCC(C2)O3)c(F)c1. The molecule has 0 aliphatic carbocycles. The molecule has 3 nitrogen and oxygen atoms in total. The Kier molecular flexibility index (Phi) is 4.10. The van der Waals surface area contributed by atoms with E-state index in [1.54, 1.807) is 0 Å². The van der Waals surface area contributed by atoms with Crippen LogP contribution in [0.5, 0.6) is 0 Å². The van der Waals surface area contributed by atoms with E-state index in [2.05, 4.69) is 4.90 Å². The molecule has 0 aromatic heterocycles. The molecule has 2 saturated heterocycles. The van der Waals surface area contributed by atoms with Gasteiger partial charge in [-0.05, 0) is 30.5 Å². The molecule has 100 valence electrons. The van der Waals surface area contributed by atoms with Crippen LogP contribution < -0.4 is 10.6 Å². The van der Waals surface area contributed by atoms with Gasteiger partial charge < -0.3 is 15.4 Å². The predicted molar refractivity (Wildman–Crippen MR) is 71.6 cm³/mol. The van der Waals surface area contributed by atoms with Gasteiger partial charge in [0, 0.05) is 19.6 Å². The lowest BCUT2D eigenvalue weighted by Crippen LogP contribution is -2.43. The molecule has 2 aliphatic rings.